The van der Waals surface area contributed by atoms with Crippen LogP contribution in [0, 0.1) is 17.6 Å². The first-order valence-corrected chi connectivity index (χ1v) is 8.42. The molecule has 1 N–H and O–H groups in total. The average Bonchev–Trinajstić information content (AvgIpc) is 3.05. The number of likely N-dealkylation sites (tertiary alicyclic amines) is 1. The largest absolute Gasteiger partial charge is 0.444 e. The molecule has 0 unspecified atom stereocenters. The second-order valence-electron chi connectivity index (χ2n) is 6.38. The van der Waals surface area contributed by atoms with Crippen LogP contribution in [0.4, 0.5) is 8.78 Å². The molecule has 0 radical (unpaired) electrons. The molecule has 2 heterocycles. The zero-order valence-electron chi connectivity index (χ0n) is 13.9. The fraction of sp³-hybridized carbons (Fsp3) is 0.500. The van der Waals surface area contributed by atoms with E-state index in [1.54, 1.807) is 6.26 Å². The third-order valence-corrected chi connectivity index (χ3v) is 4.61. The Balaban J connectivity index is 1.56. The van der Waals surface area contributed by atoms with Crippen molar-refractivity contribution in [2.24, 2.45) is 5.92 Å². The molecule has 0 amide bonds. The fourth-order valence-electron chi connectivity index (χ4n) is 3.15. The molecule has 4 nitrogen and oxygen atoms in total. The van der Waals surface area contributed by atoms with E-state index in [0.717, 1.165) is 49.9 Å². The molecular formula is C18H23F2N3O. The first-order valence-electron chi connectivity index (χ1n) is 8.42. The molecule has 1 aliphatic heterocycles. The highest BCUT2D eigenvalue weighted by Crippen LogP contribution is 2.24. The van der Waals surface area contributed by atoms with Crippen molar-refractivity contribution < 1.29 is 13.2 Å². The van der Waals surface area contributed by atoms with Crippen LogP contribution >= 0.6 is 0 Å². The minimum Gasteiger partial charge on any atom is -0.444 e. The quantitative estimate of drug-likeness (QED) is 0.878. The van der Waals surface area contributed by atoms with Gasteiger partial charge >= 0.3 is 0 Å². The minimum atomic E-state index is -0.893. The van der Waals surface area contributed by atoms with Crippen molar-refractivity contribution in [2.75, 3.05) is 26.7 Å². The maximum atomic E-state index is 13.3. The average molecular weight is 335 g/mol. The highest BCUT2D eigenvalue weighted by Gasteiger charge is 2.20. The summed E-state index contributed by atoms with van der Waals surface area (Å²) in [6.45, 7) is 3.92. The predicted octanol–water partition coefficient (Wildman–Crippen LogP) is 3.44. The molecule has 1 aromatic heterocycles. The minimum absolute atomic E-state index is 0.327. The van der Waals surface area contributed by atoms with Crippen molar-refractivity contribution in [3.8, 4) is 11.5 Å². The standard InChI is InChI=1S/C18H23F2N3O/c1-21-7-4-13-5-8-23(9-6-13)11-15-12-24-18(22-15)14-2-3-16(19)17(20)10-14/h2-3,10,12-13,21H,4-9,11H2,1H3. The lowest BCUT2D eigenvalue weighted by Crippen LogP contribution is -2.34. The van der Waals surface area contributed by atoms with Crippen LogP contribution in [0.5, 0.6) is 0 Å². The Morgan fingerprint density at radius 3 is 2.75 bits per heavy atom. The van der Waals surface area contributed by atoms with Crippen molar-refractivity contribution in [2.45, 2.75) is 25.8 Å². The number of piperidine rings is 1. The van der Waals surface area contributed by atoms with Crippen molar-refractivity contribution in [1.82, 2.24) is 15.2 Å². The van der Waals surface area contributed by atoms with Gasteiger partial charge in [-0.05, 0) is 70.1 Å². The topological polar surface area (TPSA) is 41.3 Å². The van der Waals surface area contributed by atoms with Gasteiger partial charge in [-0.25, -0.2) is 13.8 Å². The zero-order valence-corrected chi connectivity index (χ0v) is 13.9. The Kier molecular flexibility index (Phi) is 5.58. The summed E-state index contributed by atoms with van der Waals surface area (Å²) in [6.07, 6.45) is 5.24. The molecule has 3 rings (SSSR count). The number of benzene rings is 1. The van der Waals surface area contributed by atoms with Gasteiger partial charge in [-0.3, -0.25) is 4.90 Å². The van der Waals surface area contributed by atoms with Crippen LogP contribution in [0.2, 0.25) is 0 Å². The molecule has 1 fully saturated rings. The number of aromatic nitrogens is 1. The SMILES string of the molecule is CNCCC1CCN(Cc2coc(-c3ccc(F)c(F)c3)n2)CC1. The normalized spacial score (nSPS) is 16.6. The van der Waals surface area contributed by atoms with Crippen molar-refractivity contribution in [3.63, 3.8) is 0 Å². The number of nitrogens with zero attached hydrogens (tertiary/aromatic N) is 2. The number of hydrogen-bond donors (Lipinski definition) is 1. The summed E-state index contributed by atoms with van der Waals surface area (Å²) in [4.78, 5) is 6.77. The van der Waals surface area contributed by atoms with E-state index in [4.69, 9.17) is 4.42 Å². The molecular weight excluding hydrogens is 312 g/mol. The second kappa shape index (κ2) is 7.85. The van der Waals surface area contributed by atoms with Crippen LogP contribution in [0.25, 0.3) is 11.5 Å². The van der Waals surface area contributed by atoms with Gasteiger partial charge in [0.15, 0.2) is 11.6 Å². The van der Waals surface area contributed by atoms with Crippen LogP contribution in [-0.2, 0) is 6.54 Å². The highest BCUT2D eigenvalue weighted by atomic mass is 19.2. The summed E-state index contributed by atoms with van der Waals surface area (Å²) in [5.41, 5.74) is 1.27. The van der Waals surface area contributed by atoms with Crippen LogP contribution < -0.4 is 5.32 Å². The third-order valence-electron chi connectivity index (χ3n) is 4.61. The molecule has 6 heteroatoms. The van der Waals surface area contributed by atoms with Gasteiger partial charge < -0.3 is 9.73 Å². The van der Waals surface area contributed by atoms with E-state index in [2.05, 4.69) is 15.2 Å². The second-order valence-corrected chi connectivity index (χ2v) is 6.38. The third kappa shape index (κ3) is 4.19. The Bertz CT molecular complexity index is 666. The van der Waals surface area contributed by atoms with Gasteiger partial charge in [0, 0.05) is 12.1 Å². The summed E-state index contributed by atoms with van der Waals surface area (Å²) in [7, 11) is 1.99. The molecule has 130 valence electrons. The summed E-state index contributed by atoms with van der Waals surface area (Å²) < 4.78 is 31.7. The molecule has 0 bridgehead atoms. The Hall–Kier alpha value is -1.79. The highest BCUT2D eigenvalue weighted by molar-refractivity contribution is 5.53. The number of halogens is 2. The number of hydrogen-bond acceptors (Lipinski definition) is 4. The van der Waals surface area contributed by atoms with E-state index in [1.165, 1.54) is 25.3 Å². The smallest absolute Gasteiger partial charge is 0.226 e. The van der Waals surface area contributed by atoms with Crippen molar-refractivity contribution >= 4 is 0 Å². The van der Waals surface area contributed by atoms with Crippen LogP contribution in [0.1, 0.15) is 25.0 Å². The van der Waals surface area contributed by atoms with Gasteiger partial charge in [-0.1, -0.05) is 0 Å². The Labute approximate surface area is 140 Å². The van der Waals surface area contributed by atoms with E-state index < -0.39 is 11.6 Å². The van der Waals surface area contributed by atoms with Crippen LogP contribution in [0.15, 0.2) is 28.9 Å². The fourth-order valence-corrected chi connectivity index (χ4v) is 3.15. The monoisotopic (exact) mass is 335 g/mol. The number of rotatable bonds is 6. The lowest BCUT2D eigenvalue weighted by Gasteiger charge is -2.31. The Morgan fingerprint density at radius 2 is 2.04 bits per heavy atom. The maximum Gasteiger partial charge on any atom is 0.226 e. The molecule has 2 aromatic rings. The van der Waals surface area contributed by atoms with Gasteiger partial charge in [0.05, 0.1) is 5.69 Å². The molecule has 1 aliphatic rings. The molecule has 0 saturated carbocycles. The van der Waals surface area contributed by atoms with Gasteiger partial charge in [0.25, 0.3) is 0 Å². The molecule has 0 atom stereocenters. The first kappa shape index (κ1) is 17.0. The Morgan fingerprint density at radius 1 is 1.25 bits per heavy atom. The molecule has 1 aromatic carbocycles. The van der Waals surface area contributed by atoms with Gasteiger partial charge in [0.2, 0.25) is 5.89 Å². The van der Waals surface area contributed by atoms with E-state index in [1.807, 2.05) is 7.05 Å². The molecule has 24 heavy (non-hydrogen) atoms. The van der Waals surface area contributed by atoms with E-state index in [-0.39, 0.29) is 0 Å². The molecule has 0 spiro atoms. The van der Waals surface area contributed by atoms with Crippen LogP contribution in [0.3, 0.4) is 0 Å². The molecule has 0 aliphatic carbocycles. The lowest BCUT2D eigenvalue weighted by atomic mass is 9.93. The van der Waals surface area contributed by atoms with E-state index in [0.29, 0.717) is 11.5 Å². The van der Waals surface area contributed by atoms with E-state index in [9.17, 15) is 8.78 Å². The van der Waals surface area contributed by atoms with Gasteiger partial charge in [-0.15, -0.1) is 0 Å². The maximum absolute atomic E-state index is 13.3. The molecule has 1 saturated heterocycles. The summed E-state index contributed by atoms with van der Waals surface area (Å²) in [5, 5.41) is 3.21. The zero-order chi connectivity index (χ0) is 16.9. The van der Waals surface area contributed by atoms with Crippen molar-refractivity contribution in [3.05, 3.63) is 41.8 Å². The van der Waals surface area contributed by atoms with E-state index >= 15 is 0 Å². The summed E-state index contributed by atoms with van der Waals surface area (Å²) in [6, 6.07) is 3.67. The number of oxazole rings is 1. The van der Waals surface area contributed by atoms with Gasteiger partial charge in [-0.2, -0.15) is 0 Å². The van der Waals surface area contributed by atoms with Crippen molar-refractivity contribution in [1.29, 1.82) is 0 Å². The first-order chi connectivity index (χ1) is 11.7. The predicted molar refractivity (Wildman–Crippen MR) is 88.4 cm³/mol. The summed E-state index contributed by atoms with van der Waals surface area (Å²) >= 11 is 0. The lowest BCUT2D eigenvalue weighted by molar-refractivity contribution is 0.170. The van der Waals surface area contributed by atoms with Crippen LogP contribution in [-0.4, -0.2) is 36.6 Å². The number of nitrogens with one attached hydrogen (secondary N) is 1. The van der Waals surface area contributed by atoms with Gasteiger partial charge in [0.1, 0.15) is 6.26 Å². The summed E-state index contributed by atoms with van der Waals surface area (Å²) in [5.74, 6) is -0.640.